The lowest BCUT2D eigenvalue weighted by Crippen LogP contribution is -2.12. The van der Waals surface area contributed by atoms with Gasteiger partial charge in [0.25, 0.3) is 0 Å². The first-order chi connectivity index (χ1) is 17.4. The van der Waals surface area contributed by atoms with E-state index in [0.717, 1.165) is 35.1 Å². The van der Waals surface area contributed by atoms with Crippen LogP contribution in [0, 0.1) is 0 Å². The number of aryl methyl sites for hydroxylation is 1. The number of carbonyl (C=O) groups is 2. The Labute approximate surface area is 209 Å². The highest BCUT2D eigenvalue weighted by molar-refractivity contribution is 5.95. The molecule has 2 aromatic heterocycles. The maximum atomic E-state index is 12.7. The molecule has 2 N–H and O–H groups in total. The Morgan fingerprint density at radius 3 is 2.69 bits per heavy atom. The fourth-order valence-corrected chi connectivity index (χ4v) is 4.20. The fourth-order valence-electron chi connectivity index (χ4n) is 4.20. The molecule has 186 valence electrons. The second kappa shape index (κ2) is 10.9. The molecular weight excluding hydrogens is 458 g/mol. The van der Waals surface area contributed by atoms with Gasteiger partial charge in [-0.15, -0.1) is 0 Å². The monoisotopic (exact) mass is 487 g/mol. The van der Waals surface area contributed by atoms with Crippen molar-refractivity contribution in [3.63, 3.8) is 0 Å². The Hall–Kier alpha value is -4.33. The number of unbranched alkanes of at least 4 members (excludes halogenated alkanes) is 1. The molecule has 0 radical (unpaired) electrons. The molecule has 8 heteroatoms. The van der Waals surface area contributed by atoms with Crippen molar-refractivity contribution in [2.24, 2.45) is 0 Å². The van der Waals surface area contributed by atoms with Crippen molar-refractivity contribution >= 4 is 28.9 Å². The van der Waals surface area contributed by atoms with Crippen molar-refractivity contribution in [3.8, 4) is 11.4 Å². The lowest BCUT2D eigenvalue weighted by molar-refractivity contribution is -0.132. The average Bonchev–Trinajstić information content (AvgIpc) is 3.52. The zero-order chi connectivity index (χ0) is 25.7. The van der Waals surface area contributed by atoms with Crippen LogP contribution in [-0.4, -0.2) is 45.8 Å². The number of ether oxygens (including phenoxy) is 2. The molecular formula is C28H29N3O5. The summed E-state index contributed by atoms with van der Waals surface area (Å²) in [5, 5.41) is 11.1. The van der Waals surface area contributed by atoms with Crippen molar-refractivity contribution in [2.75, 3.05) is 14.2 Å². The number of methoxy groups -OCH3 is 2. The van der Waals surface area contributed by atoms with Crippen molar-refractivity contribution in [1.29, 1.82) is 0 Å². The molecule has 4 aromatic rings. The maximum Gasteiger partial charge on any atom is 0.340 e. The molecule has 0 saturated carbocycles. The minimum atomic E-state index is -1.02. The van der Waals surface area contributed by atoms with Crippen LogP contribution in [0.5, 0.6) is 5.75 Å². The number of esters is 1. The van der Waals surface area contributed by atoms with Gasteiger partial charge in [-0.05, 0) is 53.8 Å². The van der Waals surface area contributed by atoms with E-state index in [2.05, 4.69) is 16.9 Å². The van der Waals surface area contributed by atoms with Crippen LogP contribution >= 0.6 is 0 Å². The summed E-state index contributed by atoms with van der Waals surface area (Å²) >= 11 is 0. The highest BCUT2D eigenvalue weighted by Gasteiger charge is 2.20. The molecule has 36 heavy (non-hydrogen) atoms. The number of carboxylic acids is 1. The van der Waals surface area contributed by atoms with E-state index >= 15 is 0 Å². The van der Waals surface area contributed by atoms with Crippen LogP contribution in [0.25, 0.3) is 22.7 Å². The number of hydrogen-bond acceptors (Lipinski definition) is 5. The number of aromatic nitrogens is 3. The summed E-state index contributed by atoms with van der Waals surface area (Å²) in [5.41, 5.74) is 3.44. The second-order valence-electron chi connectivity index (χ2n) is 8.46. The van der Waals surface area contributed by atoms with Crippen molar-refractivity contribution in [3.05, 3.63) is 83.1 Å². The second-order valence-corrected chi connectivity index (χ2v) is 8.46. The van der Waals surface area contributed by atoms with Gasteiger partial charge in [0.05, 0.1) is 37.4 Å². The van der Waals surface area contributed by atoms with E-state index in [0.29, 0.717) is 29.1 Å². The number of hydrogen-bond donors (Lipinski definition) is 2. The Bertz CT molecular complexity index is 1430. The van der Waals surface area contributed by atoms with Crippen LogP contribution in [-0.2, 0) is 22.4 Å². The van der Waals surface area contributed by atoms with Gasteiger partial charge in [0.15, 0.2) is 0 Å². The molecule has 0 unspecified atom stereocenters. The standard InChI is InChI=1S/C28H29N3O5/c1-4-5-6-26-30-17-21(31(26)25-10-9-22(35-2)16-23(25)28(34)36-3)15-20(27(32)33)13-18-7-8-19-11-12-29-24(19)14-18/h7-12,14-17,29H,4-6,13H2,1-3H3,(H,32,33). The normalized spacial score (nSPS) is 11.6. The molecule has 0 fully saturated rings. The molecule has 0 saturated heterocycles. The number of rotatable bonds is 10. The third-order valence-corrected chi connectivity index (χ3v) is 6.08. The topological polar surface area (TPSA) is 106 Å². The zero-order valence-electron chi connectivity index (χ0n) is 20.6. The van der Waals surface area contributed by atoms with Crippen LogP contribution < -0.4 is 4.74 Å². The summed E-state index contributed by atoms with van der Waals surface area (Å²) in [7, 11) is 2.85. The van der Waals surface area contributed by atoms with Gasteiger partial charge in [-0.1, -0.05) is 25.5 Å². The fraction of sp³-hybridized carbons (Fsp3) is 0.250. The number of nitrogens with zero attached hydrogens (tertiary/aromatic N) is 2. The number of aromatic amines is 1. The van der Waals surface area contributed by atoms with E-state index in [4.69, 9.17) is 9.47 Å². The van der Waals surface area contributed by atoms with Gasteiger partial charge in [0.2, 0.25) is 0 Å². The van der Waals surface area contributed by atoms with E-state index in [-0.39, 0.29) is 12.0 Å². The number of imidazole rings is 1. The molecule has 2 heterocycles. The highest BCUT2D eigenvalue weighted by atomic mass is 16.5. The molecule has 0 aliphatic carbocycles. The summed E-state index contributed by atoms with van der Waals surface area (Å²) in [6.45, 7) is 2.09. The molecule has 0 aliphatic heterocycles. The number of nitrogens with one attached hydrogen (secondary N) is 1. The van der Waals surface area contributed by atoms with Crippen LogP contribution in [0.4, 0.5) is 0 Å². The largest absolute Gasteiger partial charge is 0.497 e. The predicted molar refractivity (Wildman–Crippen MR) is 138 cm³/mol. The lowest BCUT2D eigenvalue weighted by Gasteiger charge is -2.16. The van der Waals surface area contributed by atoms with Crippen molar-refractivity contribution < 1.29 is 24.2 Å². The zero-order valence-corrected chi connectivity index (χ0v) is 20.6. The molecule has 0 amide bonds. The quantitative estimate of drug-likeness (QED) is 0.235. The predicted octanol–water partition coefficient (Wildman–Crippen LogP) is 5.20. The summed E-state index contributed by atoms with van der Waals surface area (Å²) < 4.78 is 12.2. The first kappa shape index (κ1) is 24.8. The third-order valence-electron chi connectivity index (χ3n) is 6.08. The van der Waals surface area contributed by atoms with Crippen LogP contribution in [0.2, 0.25) is 0 Å². The van der Waals surface area contributed by atoms with Gasteiger partial charge < -0.3 is 19.6 Å². The van der Waals surface area contributed by atoms with Crippen LogP contribution in [0.1, 0.15) is 47.2 Å². The molecule has 8 nitrogen and oxygen atoms in total. The minimum Gasteiger partial charge on any atom is -0.497 e. The first-order valence-corrected chi connectivity index (χ1v) is 11.8. The van der Waals surface area contributed by atoms with Gasteiger partial charge in [-0.2, -0.15) is 0 Å². The smallest absolute Gasteiger partial charge is 0.340 e. The lowest BCUT2D eigenvalue weighted by atomic mass is 10.0. The highest BCUT2D eigenvalue weighted by Crippen LogP contribution is 2.27. The number of benzene rings is 2. The van der Waals surface area contributed by atoms with E-state index in [1.54, 1.807) is 30.5 Å². The van der Waals surface area contributed by atoms with E-state index < -0.39 is 11.9 Å². The van der Waals surface area contributed by atoms with Crippen LogP contribution in [0.3, 0.4) is 0 Å². The first-order valence-electron chi connectivity index (χ1n) is 11.8. The Balaban J connectivity index is 1.83. The number of aliphatic carboxylic acids is 1. The van der Waals surface area contributed by atoms with E-state index in [9.17, 15) is 14.7 Å². The molecule has 0 spiro atoms. The molecule has 2 aromatic carbocycles. The van der Waals surface area contributed by atoms with Crippen LogP contribution in [0.15, 0.2) is 60.4 Å². The van der Waals surface area contributed by atoms with Gasteiger partial charge in [0, 0.05) is 30.1 Å². The van der Waals surface area contributed by atoms with E-state index in [1.165, 1.54) is 14.2 Å². The number of fused-ring (bicyclic) bond motifs is 1. The Morgan fingerprint density at radius 2 is 1.97 bits per heavy atom. The summed E-state index contributed by atoms with van der Waals surface area (Å²) in [4.78, 5) is 32.7. The number of carbonyl (C=O) groups excluding carboxylic acids is 1. The van der Waals surface area contributed by atoms with Gasteiger partial charge in [0.1, 0.15) is 11.6 Å². The summed E-state index contributed by atoms with van der Waals surface area (Å²) in [5.74, 6) is -0.299. The van der Waals surface area contributed by atoms with E-state index in [1.807, 2.05) is 35.0 Å². The summed E-state index contributed by atoms with van der Waals surface area (Å²) in [6, 6.07) is 12.9. The van der Waals surface area contributed by atoms with Gasteiger partial charge >= 0.3 is 11.9 Å². The molecule has 0 aliphatic rings. The Kier molecular flexibility index (Phi) is 7.53. The van der Waals surface area contributed by atoms with Gasteiger partial charge in [-0.3, -0.25) is 4.57 Å². The number of carboxylic acid groups (broad SMARTS) is 1. The minimum absolute atomic E-state index is 0.206. The van der Waals surface area contributed by atoms with Crippen molar-refractivity contribution in [2.45, 2.75) is 32.6 Å². The molecule has 0 bridgehead atoms. The number of H-pyrrole nitrogens is 1. The van der Waals surface area contributed by atoms with Crippen molar-refractivity contribution in [1.82, 2.24) is 14.5 Å². The molecule has 4 rings (SSSR count). The average molecular weight is 488 g/mol. The third kappa shape index (κ3) is 5.17. The Morgan fingerprint density at radius 1 is 1.14 bits per heavy atom. The molecule has 0 atom stereocenters. The maximum absolute atomic E-state index is 12.7. The SMILES string of the molecule is CCCCc1ncc(C=C(Cc2ccc3cc[nH]c3c2)C(=O)O)n1-c1ccc(OC)cc1C(=O)OC. The van der Waals surface area contributed by atoms with Gasteiger partial charge in [-0.25, -0.2) is 14.6 Å². The summed E-state index contributed by atoms with van der Waals surface area (Å²) in [6.07, 6.45) is 7.88.